The summed E-state index contributed by atoms with van der Waals surface area (Å²) in [7, 11) is 1.49. The van der Waals surface area contributed by atoms with Gasteiger partial charge in [-0.3, -0.25) is 19.3 Å². The molecule has 1 heterocycles. The first-order chi connectivity index (χ1) is 17.8. The van der Waals surface area contributed by atoms with Gasteiger partial charge in [0.1, 0.15) is 17.3 Å². The van der Waals surface area contributed by atoms with E-state index in [0.717, 1.165) is 0 Å². The van der Waals surface area contributed by atoms with Crippen molar-refractivity contribution in [2.75, 3.05) is 23.9 Å². The molecule has 0 saturated carbocycles. The number of para-hydroxylation sites is 1. The van der Waals surface area contributed by atoms with Crippen molar-refractivity contribution in [3.05, 3.63) is 88.5 Å². The molecular formula is C28H25ClN2O6. The molecule has 3 aromatic rings. The Morgan fingerprint density at radius 1 is 1.05 bits per heavy atom. The highest BCUT2D eigenvalue weighted by molar-refractivity contribution is 6.51. The molecule has 0 bridgehead atoms. The lowest BCUT2D eigenvalue weighted by Crippen LogP contribution is -2.29. The van der Waals surface area contributed by atoms with E-state index < -0.39 is 17.7 Å². The normalized spacial score (nSPS) is 16.5. The molecule has 0 aromatic heterocycles. The van der Waals surface area contributed by atoms with Gasteiger partial charge >= 0.3 is 0 Å². The van der Waals surface area contributed by atoms with Crippen molar-refractivity contribution in [2.24, 2.45) is 0 Å². The molecule has 0 radical (unpaired) electrons. The third-order valence-electron chi connectivity index (χ3n) is 5.85. The SMILES string of the molecule is CCOc1cc(/C(O)=C2\C(=O)C(=O)N(c3ccc(NC(C)=O)cc3)C2c2ccccc2OC)ccc1Cl. The molecule has 0 spiro atoms. The number of carbonyl (C=O) groups excluding carboxylic acids is 3. The summed E-state index contributed by atoms with van der Waals surface area (Å²) >= 11 is 6.21. The summed E-state index contributed by atoms with van der Waals surface area (Å²) in [5, 5.41) is 14.4. The van der Waals surface area contributed by atoms with E-state index in [2.05, 4.69) is 5.32 Å². The van der Waals surface area contributed by atoms with Crippen LogP contribution in [0.1, 0.15) is 31.0 Å². The van der Waals surface area contributed by atoms with Crippen LogP contribution in [0, 0.1) is 0 Å². The molecule has 9 heteroatoms. The Hall–Kier alpha value is -4.30. The Bertz CT molecular complexity index is 1400. The van der Waals surface area contributed by atoms with E-state index in [9.17, 15) is 19.5 Å². The summed E-state index contributed by atoms with van der Waals surface area (Å²) in [6.07, 6.45) is 0. The third-order valence-corrected chi connectivity index (χ3v) is 6.16. The molecule has 4 rings (SSSR count). The molecule has 1 atom stereocenters. The Labute approximate surface area is 219 Å². The lowest BCUT2D eigenvalue weighted by molar-refractivity contribution is -0.132. The lowest BCUT2D eigenvalue weighted by Gasteiger charge is -2.27. The molecule has 2 N–H and O–H groups in total. The largest absolute Gasteiger partial charge is 0.507 e. The number of hydrogen-bond donors (Lipinski definition) is 2. The van der Waals surface area contributed by atoms with Crippen LogP contribution in [-0.4, -0.2) is 36.4 Å². The van der Waals surface area contributed by atoms with Crippen LogP contribution in [0.5, 0.6) is 11.5 Å². The molecule has 2 amide bonds. The molecule has 1 unspecified atom stereocenters. The van der Waals surface area contributed by atoms with Crippen LogP contribution in [0.15, 0.2) is 72.3 Å². The minimum Gasteiger partial charge on any atom is -0.507 e. The van der Waals surface area contributed by atoms with Gasteiger partial charge < -0.3 is 19.9 Å². The first kappa shape index (κ1) is 25.8. The average Bonchev–Trinajstić information content (AvgIpc) is 3.15. The zero-order valence-electron chi connectivity index (χ0n) is 20.4. The van der Waals surface area contributed by atoms with Gasteiger partial charge in [0, 0.05) is 29.4 Å². The zero-order valence-corrected chi connectivity index (χ0v) is 21.2. The maximum Gasteiger partial charge on any atom is 0.300 e. The van der Waals surface area contributed by atoms with Crippen molar-refractivity contribution >= 4 is 46.3 Å². The fraction of sp³-hybridized carbons (Fsp3) is 0.179. The number of amides is 2. The van der Waals surface area contributed by atoms with Crippen LogP contribution in [-0.2, 0) is 14.4 Å². The lowest BCUT2D eigenvalue weighted by atomic mass is 9.94. The fourth-order valence-corrected chi connectivity index (χ4v) is 4.44. The highest BCUT2D eigenvalue weighted by Gasteiger charge is 2.48. The summed E-state index contributed by atoms with van der Waals surface area (Å²) in [6.45, 7) is 3.54. The van der Waals surface area contributed by atoms with Gasteiger partial charge in [-0.15, -0.1) is 0 Å². The monoisotopic (exact) mass is 520 g/mol. The molecule has 1 saturated heterocycles. The summed E-state index contributed by atoms with van der Waals surface area (Å²) in [5.74, 6) is -1.51. The first-order valence-electron chi connectivity index (χ1n) is 11.5. The van der Waals surface area contributed by atoms with Gasteiger partial charge in [-0.05, 0) is 55.5 Å². The predicted octanol–water partition coefficient (Wildman–Crippen LogP) is 5.33. The molecule has 37 heavy (non-hydrogen) atoms. The predicted molar refractivity (Wildman–Crippen MR) is 141 cm³/mol. The maximum atomic E-state index is 13.4. The van der Waals surface area contributed by atoms with Crippen LogP contribution in [0.2, 0.25) is 5.02 Å². The molecule has 0 aliphatic carbocycles. The van der Waals surface area contributed by atoms with Crippen LogP contribution in [0.3, 0.4) is 0 Å². The second-order valence-corrected chi connectivity index (χ2v) is 8.62. The van der Waals surface area contributed by atoms with Crippen molar-refractivity contribution in [1.29, 1.82) is 0 Å². The first-order valence-corrected chi connectivity index (χ1v) is 11.9. The second-order valence-electron chi connectivity index (χ2n) is 8.22. The van der Waals surface area contributed by atoms with Crippen molar-refractivity contribution in [3.8, 4) is 11.5 Å². The van der Waals surface area contributed by atoms with Gasteiger partial charge in [-0.2, -0.15) is 0 Å². The van der Waals surface area contributed by atoms with Crippen molar-refractivity contribution in [1.82, 2.24) is 0 Å². The number of methoxy groups -OCH3 is 1. The van der Waals surface area contributed by atoms with E-state index in [0.29, 0.717) is 40.1 Å². The van der Waals surface area contributed by atoms with Crippen LogP contribution in [0.4, 0.5) is 11.4 Å². The summed E-state index contributed by atoms with van der Waals surface area (Å²) in [4.78, 5) is 39.5. The minimum atomic E-state index is -0.992. The highest BCUT2D eigenvalue weighted by Crippen LogP contribution is 2.45. The number of anilines is 2. The van der Waals surface area contributed by atoms with Crippen molar-refractivity contribution in [3.63, 3.8) is 0 Å². The number of hydrogen-bond acceptors (Lipinski definition) is 6. The van der Waals surface area contributed by atoms with E-state index in [1.165, 1.54) is 25.0 Å². The number of ketones is 1. The van der Waals surface area contributed by atoms with Gasteiger partial charge in [0.05, 0.1) is 30.4 Å². The number of aliphatic hydroxyl groups is 1. The maximum absolute atomic E-state index is 13.4. The number of nitrogens with one attached hydrogen (secondary N) is 1. The zero-order chi connectivity index (χ0) is 26.7. The van der Waals surface area contributed by atoms with Gasteiger partial charge in [-0.1, -0.05) is 29.8 Å². The molecule has 1 fully saturated rings. The number of Topliss-reactive ketones (excluding diaryl/α,β-unsaturated/α-hetero) is 1. The Balaban J connectivity index is 1.91. The van der Waals surface area contributed by atoms with Gasteiger partial charge in [0.15, 0.2) is 0 Å². The Morgan fingerprint density at radius 3 is 2.41 bits per heavy atom. The van der Waals surface area contributed by atoms with Gasteiger partial charge in [-0.25, -0.2) is 0 Å². The number of nitrogens with zero attached hydrogens (tertiary/aromatic N) is 1. The number of carbonyl (C=O) groups is 3. The van der Waals surface area contributed by atoms with Crippen molar-refractivity contribution < 1.29 is 29.0 Å². The molecule has 8 nitrogen and oxygen atoms in total. The standard InChI is InChI=1S/C28H25ClN2O6/c1-4-37-23-15-17(9-14-21(23)29)26(33)24-25(20-7-5-6-8-22(20)36-3)31(28(35)27(24)34)19-12-10-18(11-13-19)30-16(2)32/h5-15,25,33H,4H2,1-3H3,(H,30,32)/b26-24+. The number of rotatable bonds is 7. The molecule has 1 aliphatic heterocycles. The summed E-state index contributed by atoms with van der Waals surface area (Å²) in [6, 6.07) is 17.1. The number of benzene rings is 3. The second kappa shape index (κ2) is 10.8. The fourth-order valence-electron chi connectivity index (χ4n) is 4.27. The minimum absolute atomic E-state index is 0.106. The van der Waals surface area contributed by atoms with E-state index in [1.54, 1.807) is 67.6 Å². The van der Waals surface area contributed by atoms with E-state index in [1.807, 2.05) is 0 Å². The Morgan fingerprint density at radius 2 is 1.76 bits per heavy atom. The smallest absolute Gasteiger partial charge is 0.300 e. The van der Waals surface area contributed by atoms with E-state index >= 15 is 0 Å². The van der Waals surface area contributed by atoms with Gasteiger partial charge in [0.25, 0.3) is 11.7 Å². The molecular weight excluding hydrogens is 496 g/mol. The molecule has 1 aliphatic rings. The number of halogens is 1. The molecule has 190 valence electrons. The quantitative estimate of drug-likeness (QED) is 0.248. The van der Waals surface area contributed by atoms with E-state index in [-0.39, 0.29) is 22.8 Å². The third kappa shape index (κ3) is 5.01. The highest BCUT2D eigenvalue weighted by atomic mass is 35.5. The number of aliphatic hydroxyl groups excluding tert-OH is 1. The molecule has 3 aromatic carbocycles. The van der Waals surface area contributed by atoms with Crippen LogP contribution < -0.4 is 19.7 Å². The van der Waals surface area contributed by atoms with Crippen LogP contribution >= 0.6 is 11.6 Å². The summed E-state index contributed by atoms with van der Waals surface area (Å²) < 4.78 is 11.1. The average molecular weight is 521 g/mol. The number of ether oxygens (including phenoxy) is 2. The van der Waals surface area contributed by atoms with Gasteiger partial charge in [0.2, 0.25) is 5.91 Å². The topological polar surface area (TPSA) is 105 Å². The van der Waals surface area contributed by atoms with E-state index in [4.69, 9.17) is 21.1 Å². The summed E-state index contributed by atoms with van der Waals surface area (Å²) in [5.41, 5.74) is 1.61. The van der Waals surface area contributed by atoms with Crippen LogP contribution in [0.25, 0.3) is 5.76 Å². The Kier molecular flexibility index (Phi) is 7.50. The van der Waals surface area contributed by atoms with Crippen molar-refractivity contribution in [2.45, 2.75) is 19.9 Å².